The Hall–Kier alpha value is -3.16. The molecule has 40 heavy (non-hydrogen) atoms. The van der Waals surface area contributed by atoms with Gasteiger partial charge in [-0.3, -0.25) is 0 Å². The number of benzene rings is 4. The van der Waals surface area contributed by atoms with Crippen molar-refractivity contribution < 1.29 is 35.1 Å². The highest BCUT2D eigenvalue weighted by molar-refractivity contribution is 5.99. The van der Waals surface area contributed by atoms with Crippen molar-refractivity contribution in [3.05, 3.63) is 91.0 Å². The standard InChI is InChI=1S/C32H28F8/c1-13-14(2)18(6)26-22-10-9-21(25(26)17(13)5)29(33,34)31(37,38)23-11-12-24(32(39,40)30(22,35)36)28-20(8)16(4)15(3)19(7)27(23)28/h9-12H,1-8H3. The second kappa shape index (κ2) is 8.20. The Balaban J connectivity index is 2.16. The van der Waals surface area contributed by atoms with Crippen molar-refractivity contribution in [1.29, 1.82) is 0 Å². The molecule has 0 N–H and O–H groups in total. The number of hydrogen-bond donors (Lipinski definition) is 0. The lowest BCUT2D eigenvalue weighted by molar-refractivity contribution is -0.225. The van der Waals surface area contributed by atoms with E-state index >= 15 is 35.1 Å². The van der Waals surface area contributed by atoms with Crippen LogP contribution in [0.15, 0.2) is 24.3 Å². The van der Waals surface area contributed by atoms with Gasteiger partial charge in [0.15, 0.2) is 0 Å². The highest BCUT2D eigenvalue weighted by atomic mass is 19.3. The fraction of sp³-hybridized carbons (Fsp3) is 0.375. The largest absolute Gasteiger partial charge is 0.340 e. The van der Waals surface area contributed by atoms with E-state index < -0.39 is 67.5 Å². The topological polar surface area (TPSA) is 0 Å². The zero-order valence-electron chi connectivity index (χ0n) is 23.3. The molecule has 2 aliphatic carbocycles. The highest BCUT2D eigenvalue weighted by Crippen LogP contribution is 2.60. The molecule has 0 saturated carbocycles. The van der Waals surface area contributed by atoms with Gasteiger partial charge in [0.25, 0.3) is 0 Å². The van der Waals surface area contributed by atoms with Gasteiger partial charge in [0.1, 0.15) is 0 Å². The average Bonchev–Trinajstić information content (AvgIpc) is 2.89. The number of alkyl halides is 8. The molecule has 0 heterocycles. The molecule has 0 nitrogen and oxygen atoms in total. The van der Waals surface area contributed by atoms with Crippen molar-refractivity contribution in [2.45, 2.75) is 79.1 Å². The fourth-order valence-corrected chi connectivity index (χ4v) is 6.36. The van der Waals surface area contributed by atoms with E-state index in [0.29, 0.717) is 46.5 Å². The van der Waals surface area contributed by atoms with E-state index in [1.165, 1.54) is 27.7 Å². The number of halogens is 8. The first-order chi connectivity index (χ1) is 18.2. The predicted octanol–water partition coefficient (Wildman–Crippen LogP) is 10.5. The summed E-state index contributed by atoms with van der Waals surface area (Å²) in [6.45, 7) is 11.7. The van der Waals surface area contributed by atoms with Gasteiger partial charge < -0.3 is 0 Å². The number of hydrogen-bond acceptors (Lipinski definition) is 0. The molecule has 0 radical (unpaired) electrons. The van der Waals surface area contributed by atoms with E-state index in [1.54, 1.807) is 27.7 Å². The molecule has 4 bridgehead atoms. The molecule has 6 rings (SSSR count). The molecule has 0 spiro atoms. The summed E-state index contributed by atoms with van der Waals surface area (Å²) in [4.78, 5) is 0. The first-order valence-corrected chi connectivity index (χ1v) is 12.8. The zero-order valence-corrected chi connectivity index (χ0v) is 23.3. The molecule has 8 heteroatoms. The van der Waals surface area contributed by atoms with Gasteiger partial charge in [-0.2, -0.15) is 35.1 Å². The average molecular weight is 565 g/mol. The third-order valence-electron chi connectivity index (χ3n) is 9.43. The molecular weight excluding hydrogens is 536 g/mol. The minimum Gasteiger partial charge on any atom is -0.194 e. The molecule has 0 fully saturated rings. The summed E-state index contributed by atoms with van der Waals surface area (Å²) < 4.78 is 131. The van der Waals surface area contributed by atoms with Crippen LogP contribution in [0.2, 0.25) is 0 Å². The minimum absolute atomic E-state index is 0.0545. The van der Waals surface area contributed by atoms with Gasteiger partial charge in [-0.05, 0) is 121 Å². The first-order valence-electron chi connectivity index (χ1n) is 12.8. The Kier molecular flexibility index (Phi) is 5.82. The van der Waals surface area contributed by atoms with Crippen molar-refractivity contribution in [2.24, 2.45) is 0 Å². The molecular formula is C32H28F8. The lowest BCUT2D eigenvalue weighted by Gasteiger charge is -2.36. The van der Waals surface area contributed by atoms with E-state index in [9.17, 15) is 0 Å². The fourth-order valence-electron chi connectivity index (χ4n) is 6.36. The normalized spacial score (nSPS) is 18.8. The second-order valence-corrected chi connectivity index (χ2v) is 11.1. The van der Waals surface area contributed by atoms with Crippen molar-refractivity contribution in [1.82, 2.24) is 0 Å². The molecule has 4 aromatic rings. The van der Waals surface area contributed by atoms with Crippen molar-refractivity contribution >= 4 is 21.5 Å². The molecule has 0 amide bonds. The summed E-state index contributed by atoms with van der Waals surface area (Å²) in [5, 5.41) is -2.23. The lowest BCUT2D eigenvalue weighted by atomic mass is 9.77. The molecule has 0 aromatic heterocycles. The summed E-state index contributed by atoms with van der Waals surface area (Å²) in [5.74, 6) is -19.5. The highest BCUT2D eigenvalue weighted by Gasteiger charge is 2.64. The molecule has 0 aliphatic heterocycles. The first kappa shape index (κ1) is 28.4. The van der Waals surface area contributed by atoms with Crippen molar-refractivity contribution in [3.8, 4) is 0 Å². The SMILES string of the molecule is Cc1c(C)c(C)c2c3ccc(c2c1C)C(F)(F)C(F)(F)c1ccc(c2c(C)c(C)c(C)c(C)c12)C(F)(F)C3(F)F. The quantitative estimate of drug-likeness (QED) is 0.186. The van der Waals surface area contributed by atoms with Crippen LogP contribution in [0.4, 0.5) is 35.1 Å². The number of fused-ring (bicyclic) bond motifs is 4. The van der Waals surface area contributed by atoms with Crippen LogP contribution in [0.25, 0.3) is 21.5 Å². The van der Waals surface area contributed by atoms with Crippen LogP contribution < -0.4 is 0 Å². The Labute approximate surface area is 227 Å². The van der Waals surface area contributed by atoms with Gasteiger partial charge in [-0.1, -0.05) is 24.3 Å². The van der Waals surface area contributed by atoms with Crippen LogP contribution in [0.5, 0.6) is 0 Å². The Morgan fingerprint density at radius 3 is 0.600 bits per heavy atom. The Morgan fingerprint density at radius 2 is 0.450 bits per heavy atom. The Morgan fingerprint density at radius 1 is 0.300 bits per heavy atom. The maximum Gasteiger partial charge on any atom is 0.340 e. The van der Waals surface area contributed by atoms with E-state index in [4.69, 9.17) is 0 Å². The zero-order chi connectivity index (χ0) is 30.1. The minimum atomic E-state index is -4.88. The van der Waals surface area contributed by atoms with Crippen LogP contribution in [0.1, 0.15) is 66.8 Å². The number of aryl methyl sites for hydroxylation is 4. The molecule has 2 aliphatic rings. The maximum atomic E-state index is 16.3. The molecule has 212 valence electrons. The van der Waals surface area contributed by atoms with Gasteiger partial charge in [-0.15, -0.1) is 0 Å². The summed E-state index contributed by atoms with van der Waals surface area (Å²) in [7, 11) is 0. The van der Waals surface area contributed by atoms with Crippen LogP contribution in [-0.4, -0.2) is 0 Å². The van der Waals surface area contributed by atoms with E-state index in [1.807, 2.05) is 0 Å². The van der Waals surface area contributed by atoms with E-state index in [2.05, 4.69) is 0 Å². The summed E-state index contributed by atoms with van der Waals surface area (Å²) >= 11 is 0. The second-order valence-electron chi connectivity index (χ2n) is 11.1. The van der Waals surface area contributed by atoms with Gasteiger partial charge in [0.2, 0.25) is 0 Å². The monoisotopic (exact) mass is 564 g/mol. The Bertz CT molecular complexity index is 1520. The van der Waals surface area contributed by atoms with Crippen molar-refractivity contribution in [2.75, 3.05) is 0 Å². The van der Waals surface area contributed by atoms with Gasteiger partial charge in [-0.25, -0.2) is 0 Å². The molecule has 0 atom stereocenters. The summed E-state index contributed by atoms with van der Waals surface area (Å²) in [6.07, 6.45) is 0. The number of rotatable bonds is 0. The van der Waals surface area contributed by atoms with Crippen LogP contribution in [0, 0.1) is 55.4 Å². The molecule has 0 saturated heterocycles. The summed E-state index contributed by atoms with van der Waals surface area (Å²) in [6, 6.07) is 1.83. The third kappa shape index (κ3) is 3.13. The van der Waals surface area contributed by atoms with E-state index in [0.717, 1.165) is 0 Å². The van der Waals surface area contributed by atoms with E-state index in [-0.39, 0.29) is 22.3 Å². The van der Waals surface area contributed by atoms with Gasteiger partial charge in [0.05, 0.1) is 0 Å². The van der Waals surface area contributed by atoms with Gasteiger partial charge >= 0.3 is 23.7 Å². The van der Waals surface area contributed by atoms with Crippen LogP contribution in [-0.2, 0) is 23.7 Å². The van der Waals surface area contributed by atoms with Crippen LogP contribution in [0.3, 0.4) is 0 Å². The smallest absolute Gasteiger partial charge is 0.194 e. The lowest BCUT2D eigenvalue weighted by Crippen LogP contribution is -2.40. The predicted molar refractivity (Wildman–Crippen MR) is 141 cm³/mol. The maximum absolute atomic E-state index is 16.3. The van der Waals surface area contributed by atoms with Crippen LogP contribution >= 0.6 is 0 Å². The van der Waals surface area contributed by atoms with Gasteiger partial charge in [0, 0.05) is 22.3 Å². The van der Waals surface area contributed by atoms with Crippen molar-refractivity contribution in [3.63, 3.8) is 0 Å². The molecule has 0 unspecified atom stereocenters. The third-order valence-corrected chi connectivity index (χ3v) is 9.43. The summed E-state index contributed by atoms with van der Waals surface area (Å²) in [5.41, 5.74) is -2.81. The molecule has 4 aromatic carbocycles.